The molecule has 1 heterocycles. The van der Waals surface area contributed by atoms with E-state index in [1.54, 1.807) is 20.4 Å². The number of aromatic nitrogens is 1. The van der Waals surface area contributed by atoms with Gasteiger partial charge < -0.3 is 14.8 Å². The van der Waals surface area contributed by atoms with Crippen LogP contribution in [0, 0.1) is 0 Å². The van der Waals surface area contributed by atoms with Crippen molar-refractivity contribution in [2.75, 3.05) is 19.5 Å². The Kier molecular flexibility index (Phi) is 5.41. The van der Waals surface area contributed by atoms with Crippen LogP contribution in [0.1, 0.15) is 5.56 Å². The Labute approximate surface area is 152 Å². The van der Waals surface area contributed by atoms with Crippen LogP contribution < -0.4 is 14.8 Å². The molecule has 2 aromatic carbocycles. The zero-order valence-electron chi connectivity index (χ0n) is 14.1. The van der Waals surface area contributed by atoms with Crippen LogP contribution in [0.15, 0.2) is 60.8 Å². The van der Waals surface area contributed by atoms with Gasteiger partial charge in [-0.15, -0.1) is 0 Å². The molecule has 0 aliphatic heterocycles. The SMILES string of the molecule is COc1ccc(-c2ncccc2NCc2ccc(Cl)cc2)cc1OC. The number of halogens is 1. The largest absolute Gasteiger partial charge is 0.493 e. The van der Waals surface area contributed by atoms with Gasteiger partial charge in [0, 0.05) is 23.3 Å². The summed E-state index contributed by atoms with van der Waals surface area (Å²) in [5, 5.41) is 4.17. The van der Waals surface area contributed by atoms with Gasteiger partial charge in [0.25, 0.3) is 0 Å². The van der Waals surface area contributed by atoms with Gasteiger partial charge in [-0.05, 0) is 48.0 Å². The number of methoxy groups -OCH3 is 2. The lowest BCUT2D eigenvalue weighted by atomic mass is 10.1. The zero-order valence-corrected chi connectivity index (χ0v) is 14.9. The number of anilines is 1. The molecule has 0 saturated carbocycles. The van der Waals surface area contributed by atoms with Gasteiger partial charge in [0.05, 0.1) is 25.6 Å². The molecule has 1 N–H and O–H groups in total. The van der Waals surface area contributed by atoms with Crippen LogP contribution in [0.3, 0.4) is 0 Å². The van der Waals surface area contributed by atoms with Crippen molar-refractivity contribution in [3.8, 4) is 22.8 Å². The first-order valence-corrected chi connectivity index (χ1v) is 8.25. The maximum absolute atomic E-state index is 5.93. The Morgan fingerprint density at radius 2 is 1.72 bits per heavy atom. The fourth-order valence-electron chi connectivity index (χ4n) is 2.56. The smallest absolute Gasteiger partial charge is 0.161 e. The van der Waals surface area contributed by atoms with Gasteiger partial charge in [-0.1, -0.05) is 23.7 Å². The highest BCUT2D eigenvalue weighted by Crippen LogP contribution is 2.34. The number of nitrogens with zero attached hydrogens (tertiary/aromatic N) is 1. The minimum atomic E-state index is 0.675. The van der Waals surface area contributed by atoms with Gasteiger partial charge in [-0.2, -0.15) is 0 Å². The quantitative estimate of drug-likeness (QED) is 0.674. The Bertz CT molecular complexity index is 851. The van der Waals surface area contributed by atoms with Crippen LogP contribution in [0.5, 0.6) is 11.5 Å². The van der Waals surface area contributed by atoms with Crippen molar-refractivity contribution < 1.29 is 9.47 Å². The lowest BCUT2D eigenvalue weighted by Crippen LogP contribution is -2.02. The first kappa shape index (κ1) is 17.1. The molecular weight excluding hydrogens is 336 g/mol. The number of pyridine rings is 1. The number of nitrogens with one attached hydrogen (secondary N) is 1. The summed E-state index contributed by atoms with van der Waals surface area (Å²) in [6.07, 6.45) is 1.78. The molecule has 4 nitrogen and oxygen atoms in total. The molecule has 5 heteroatoms. The molecule has 0 unspecified atom stereocenters. The first-order valence-electron chi connectivity index (χ1n) is 7.87. The molecule has 0 aliphatic rings. The fourth-order valence-corrected chi connectivity index (χ4v) is 2.69. The highest BCUT2D eigenvalue weighted by atomic mass is 35.5. The normalized spacial score (nSPS) is 10.4. The summed E-state index contributed by atoms with van der Waals surface area (Å²) in [6.45, 7) is 0.684. The van der Waals surface area contributed by atoms with Crippen molar-refractivity contribution >= 4 is 17.3 Å². The highest BCUT2D eigenvalue weighted by molar-refractivity contribution is 6.30. The highest BCUT2D eigenvalue weighted by Gasteiger charge is 2.10. The van der Waals surface area contributed by atoms with Crippen LogP contribution >= 0.6 is 11.6 Å². The molecule has 0 bridgehead atoms. The van der Waals surface area contributed by atoms with Gasteiger partial charge >= 0.3 is 0 Å². The summed E-state index contributed by atoms with van der Waals surface area (Å²) >= 11 is 5.93. The van der Waals surface area contributed by atoms with E-state index < -0.39 is 0 Å². The summed E-state index contributed by atoms with van der Waals surface area (Å²) < 4.78 is 10.7. The van der Waals surface area contributed by atoms with Crippen LogP contribution in [0.25, 0.3) is 11.3 Å². The van der Waals surface area contributed by atoms with Gasteiger partial charge in [-0.25, -0.2) is 0 Å². The minimum Gasteiger partial charge on any atom is -0.493 e. The van der Waals surface area contributed by atoms with E-state index in [0.717, 1.165) is 27.5 Å². The number of benzene rings is 2. The third kappa shape index (κ3) is 4.03. The van der Waals surface area contributed by atoms with E-state index in [2.05, 4.69) is 10.3 Å². The predicted octanol–water partition coefficient (Wildman–Crippen LogP) is 5.03. The molecule has 128 valence electrons. The summed E-state index contributed by atoms with van der Waals surface area (Å²) in [7, 11) is 3.25. The van der Waals surface area contributed by atoms with Crippen molar-refractivity contribution in [2.45, 2.75) is 6.54 Å². The van der Waals surface area contributed by atoms with Crippen molar-refractivity contribution in [1.82, 2.24) is 4.98 Å². The van der Waals surface area contributed by atoms with E-state index in [1.807, 2.05) is 54.6 Å². The monoisotopic (exact) mass is 354 g/mol. The maximum Gasteiger partial charge on any atom is 0.161 e. The third-order valence-electron chi connectivity index (χ3n) is 3.86. The second kappa shape index (κ2) is 7.90. The molecule has 3 rings (SSSR count). The van der Waals surface area contributed by atoms with Crippen LogP contribution in [-0.4, -0.2) is 19.2 Å². The lowest BCUT2D eigenvalue weighted by molar-refractivity contribution is 0.355. The molecule has 0 saturated heterocycles. The minimum absolute atomic E-state index is 0.675. The van der Waals surface area contributed by atoms with E-state index in [4.69, 9.17) is 21.1 Å². The lowest BCUT2D eigenvalue weighted by Gasteiger charge is -2.13. The summed E-state index contributed by atoms with van der Waals surface area (Å²) in [5.41, 5.74) is 3.91. The van der Waals surface area contributed by atoms with Crippen molar-refractivity contribution in [3.05, 3.63) is 71.4 Å². The molecule has 0 amide bonds. The van der Waals surface area contributed by atoms with Gasteiger partial charge in [0.1, 0.15) is 0 Å². The molecule has 0 aliphatic carbocycles. The van der Waals surface area contributed by atoms with Crippen LogP contribution in [-0.2, 0) is 6.54 Å². The summed E-state index contributed by atoms with van der Waals surface area (Å²) in [4.78, 5) is 4.53. The first-order chi connectivity index (χ1) is 12.2. The molecule has 0 atom stereocenters. The van der Waals surface area contributed by atoms with E-state index in [-0.39, 0.29) is 0 Å². The van der Waals surface area contributed by atoms with Crippen molar-refractivity contribution in [1.29, 1.82) is 0 Å². The topological polar surface area (TPSA) is 43.4 Å². The molecule has 1 aromatic heterocycles. The van der Waals surface area contributed by atoms with Crippen LogP contribution in [0.4, 0.5) is 5.69 Å². The third-order valence-corrected chi connectivity index (χ3v) is 4.11. The molecular formula is C20H19ClN2O2. The fraction of sp³-hybridized carbons (Fsp3) is 0.150. The molecule has 0 spiro atoms. The average Bonchev–Trinajstić information content (AvgIpc) is 2.67. The second-order valence-corrected chi connectivity index (χ2v) is 5.89. The molecule has 0 radical (unpaired) electrons. The van der Waals surface area contributed by atoms with Gasteiger partial charge in [-0.3, -0.25) is 4.98 Å². The van der Waals surface area contributed by atoms with E-state index >= 15 is 0 Å². The van der Waals surface area contributed by atoms with Crippen LogP contribution in [0.2, 0.25) is 5.02 Å². The van der Waals surface area contributed by atoms with Crippen molar-refractivity contribution in [3.63, 3.8) is 0 Å². The molecule has 25 heavy (non-hydrogen) atoms. The Balaban J connectivity index is 1.87. The Hall–Kier alpha value is -2.72. The predicted molar refractivity (Wildman–Crippen MR) is 102 cm³/mol. The Morgan fingerprint density at radius 3 is 2.44 bits per heavy atom. The van der Waals surface area contributed by atoms with E-state index in [9.17, 15) is 0 Å². The maximum atomic E-state index is 5.93. The van der Waals surface area contributed by atoms with Gasteiger partial charge in [0.15, 0.2) is 11.5 Å². The average molecular weight is 355 g/mol. The number of hydrogen-bond donors (Lipinski definition) is 1. The van der Waals surface area contributed by atoms with E-state index in [0.29, 0.717) is 18.0 Å². The van der Waals surface area contributed by atoms with E-state index in [1.165, 1.54) is 0 Å². The van der Waals surface area contributed by atoms with Crippen molar-refractivity contribution in [2.24, 2.45) is 0 Å². The summed E-state index contributed by atoms with van der Waals surface area (Å²) in [5.74, 6) is 1.37. The number of hydrogen-bond acceptors (Lipinski definition) is 4. The van der Waals surface area contributed by atoms with Gasteiger partial charge in [0.2, 0.25) is 0 Å². The number of rotatable bonds is 6. The second-order valence-electron chi connectivity index (χ2n) is 5.45. The standard InChI is InChI=1S/C20H19ClN2O2/c1-24-18-10-7-15(12-19(18)25-2)20-17(4-3-11-22-20)23-13-14-5-8-16(21)9-6-14/h3-12,23H,13H2,1-2H3. The molecule has 3 aromatic rings. The zero-order chi connectivity index (χ0) is 17.6. The number of ether oxygens (including phenoxy) is 2. The molecule has 0 fully saturated rings. The Morgan fingerprint density at radius 1 is 0.960 bits per heavy atom. The summed E-state index contributed by atoms with van der Waals surface area (Å²) in [6, 6.07) is 17.5.